The molecule has 0 aliphatic rings. The summed E-state index contributed by atoms with van der Waals surface area (Å²) in [5, 5.41) is 16.9. The van der Waals surface area contributed by atoms with Crippen LogP contribution in [0.2, 0.25) is 15.1 Å². The van der Waals surface area contributed by atoms with E-state index in [-0.39, 0.29) is 16.4 Å². The first-order valence-corrected chi connectivity index (χ1v) is 6.41. The van der Waals surface area contributed by atoms with E-state index in [1.54, 1.807) is 24.3 Å². The van der Waals surface area contributed by atoms with Gasteiger partial charge in [0.15, 0.2) is 5.58 Å². The van der Waals surface area contributed by atoms with Gasteiger partial charge in [-0.2, -0.15) is 0 Å². The summed E-state index contributed by atoms with van der Waals surface area (Å²) in [5.74, 6) is -0.300. The average Bonchev–Trinajstić information content (AvgIpc) is 2.82. The fourth-order valence-electron chi connectivity index (χ4n) is 1.81. The molecule has 1 aromatic heterocycles. The van der Waals surface area contributed by atoms with Gasteiger partial charge in [-0.1, -0.05) is 46.0 Å². The second kappa shape index (κ2) is 4.60. The van der Waals surface area contributed by atoms with Crippen molar-refractivity contribution in [1.82, 2.24) is 5.16 Å². The summed E-state index contributed by atoms with van der Waals surface area (Å²) in [5.41, 5.74) is 1.58. The molecule has 0 aliphatic carbocycles. The van der Waals surface area contributed by atoms with Crippen molar-refractivity contribution in [2.45, 2.75) is 0 Å². The van der Waals surface area contributed by atoms with Crippen LogP contribution in [0.1, 0.15) is 0 Å². The summed E-state index contributed by atoms with van der Waals surface area (Å²) in [6.45, 7) is 0. The number of hydrogen-bond acceptors (Lipinski definition) is 2. The lowest BCUT2D eigenvalue weighted by atomic mass is 10.1. The summed E-state index contributed by atoms with van der Waals surface area (Å²) in [6, 6.07) is 8.12. The zero-order chi connectivity index (χ0) is 13.6. The van der Waals surface area contributed by atoms with Gasteiger partial charge in [0.05, 0.1) is 15.4 Å². The van der Waals surface area contributed by atoms with E-state index in [9.17, 15) is 5.11 Å². The van der Waals surface area contributed by atoms with E-state index in [1.807, 2.05) is 0 Å². The van der Waals surface area contributed by atoms with Crippen LogP contribution < -0.4 is 0 Å². The van der Waals surface area contributed by atoms with Gasteiger partial charge in [-0.25, -0.2) is 0 Å². The lowest BCUT2D eigenvalue weighted by Crippen LogP contribution is -1.79. The normalized spacial score (nSPS) is 11.1. The smallest absolute Gasteiger partial charge is 0.201 e. The summed E-state index contributed by atoms with van der Waals surface area (Å²) in [7, 11) is 0. The molecule has 0 unspecified atom stereocenters. The monoisotopic (exact) mass is 312 g/mol. The highest BCUT2D eigenvalue weighted by molar-refractivity contribution is 6.42. The van der Waals surface area contributed by atoms with E-state index < -0.39 is 0 Å². The molecular weight excluding hydrogens is 309 g/mol. The van der Waals surface area contributed by atoms with Crippen molar-refractivity contribution in [2.75, 3.05) is 0 Å². The number of halogens is 3. The molecule has 0 bridgehead atoms. The first kappa shape index (κ1) is 12.6. The minimum atomic E-state index is -0.300. The molecule has 6 heteroatoms. The van der Waals surface area contributed by atoms with E-state index in [4.69, 9.17) is 39.3 Å². The molecule has 3 nitrogen and oxygen atoms in total. The Balaban J connectivity index is 2.26. The van der Waals surface area contributed by atoms with Gasteiger partial charge in [-0.15, -0.1) is 0 Å². The predicted octanol–water partition coefficient (Wildman–Crippen LogP) is 5.60. The maximum Gasteiger partial charge on any atom is 0.201 e. The zero-order valence-electron chi connectivity index (χ0n) is 9.28. The number of nitrogens with zero attached hydrogens (tertiary/aromatic N) is 1. The molecule has 3 rings (SSSR count). The van der Waals surface area contributed by atoms with Crippen molar-refractivity contribution < 1.29 is 9.63 Å². The minimum absolute atomic E-state index is 0.0244. The number of benzene rings is 2. The molecule has 0 aliphatic heterocycles. The Bertz CT molecular complexity index is 783. The predicted molar refractivity (Wildman–Crippen MR) is 74.6 cm³/mol. The molecule has 0 N–H and O–H groups in total. The lowest BCUT2D eigenvalue weighted by molar-refractivity contribution is 0.354. The van der Waals surface area contributed by atoms with Gasteiger partial charge in [-0.05, 0) is 24.3 Å². The van der Waals surface area contributed by atoms with Crippen LogP contribution >= 0.6 is 34.8 Å². The Labute approximate surface area is 123 Å². The second-order valence-corrected chi connectivity index (χ2v) is 5.11. The molecule has 3 aromatic rings. The van der Waals surface area contributed by atoms with Gasteiger partial charge in [0, 0.05) is 5.56 Å². The van der Waals surface area contributed by atoms with Gasteiger partial charge in [-0.3, -0.25) is 5.11 Å². The lowest BCUT2D eigenvalue weighted by Gasteiger charge is -2.00. The van der Waals surface area contributed by atoms with Crippen molar-refractivity contribution in [3.05, 3.63) is 45.4 Å². The van der Waals surface area contributed by atoms with Crippen LogP contribution in [0.25, 0.3) is 22.2 Å². The van der Waals surface area contributed by atoms with Crippen molar-refractivity contribution in [3.63, 3.8) is 0 Å². The number of fused-ring (bicyclic) bond motifs is 1. The van der Waals surface area contributed by atoms with Gasteiger partial charge in [0.1, 0.15) is 10.7 Å². The highest BCUT2D eigenvalue weighted by Crippen LogP contribution is 2.38. The van der Waals surface area contributed by atoms with Crippen LogP contribution in [0.3, 0.4) is 0 Å². The van der Waals surface area contributed by atoms with E-state index in [1.165, 1.54) is 6.07 Å². The fraction of sp³-hybridized carbons (Fsp3) is 0. The maximum absolute atomic E-state index is 11.4. The van der Waals surface area contributed by atoms with E-state index in [0.29, 0.717) is 21.1 Å². The fourth-order valence-corrected chi connectivity index (χ4v) is 2.30. The SMILES string of the molecule is [O]c1ccc2c(-c3ccc(Cl)c(Cl)c3)noc2c1Cl. The quantitative estimate of drug-likeness (QED) is 0.587. The molecule has 0 amide bonds. The van der Waals surface area contributed by atoms with Gasteiger partial charge < -0.3 is 4.52 Å². The van der Waals surface area contributed by atoms with E-state index in [2.05, 4.69) is 5.16 Å². The minimum Gasteiger partial charge on any atom is -0.354 e. The highest BCUT2D eigenvalue weighted by Gasteiger charge is 2.16. The van der Waals surface area contributed by atoms with Crippen LogP contribution in [0, 0.1) is 0 Å². The van der Waals surface area contributed by atoms with Crippen LogP contribution in [0.5, 0.6) is 5.75 Å². The van der Waals surface area contributed by atoms with Gasteiger partial charge >= 0.3 is 0 Å². The topological polar surface area (TPSA) is 45.9 Å². The third kappa shape index (κ3) is 2.04. The van der Waals surface area contributed by atoms with E-state index >= 15 is 0 Å². The highest BCUT2D eigenvalue weighted by atomic mass is 35.5. The third-order valence-electron chi connectivity index (χ3n) is 2.74. The van der Waals surface area contributed by atoms with Crippen LogP contribution in [-0.2, 0) is 5.11 Å². The summed E-state index contributed by atoms with van der Waals surface area (Å²) >= 11 is 17.7. The molecule has 2 aromatic carbocycles. The summed E-state index contributed by atoms with van der Waals surface area (Å²) in [6.07, 6.45) is 0. The van der Waals surface area contributed by atoms with Gasteiger partial charge in [0.2, 0.25) is 5.75 Å². The first-order valence-electron chi connectivity index (χ1n) is 5.28. The third-order valence-corrected chi connectivity index (χ3v) is 3.83. The first-order chi connectivity index (χ1) is 9.08. The zero-order valence-corrected chi connectivity index (χ0v) is 11.6. The molecule has 95 valence electrons. The molecule has 19 heavy (non-hydrogen) atoms. The molecule has 0 saturated carbocycles. The Kier molecular flexibility index (Phi) is 3.05. The molecule has 0 spiro atoms. The average molecular weight is 314 g/mol. The molecule has 0 saturated heterocycles. The largest absolute Gasteiger partial charge is 0.354 e. The molecule has 0 atom stereocenters. The maximum atomic E-state index is 11.4. The van der Waals surface area contributed by atoms with Crippen molar-refractivity contribution >= 4 is 45.8 Å². The number of aromatic nitrogens is 1. The second-order valence-electron chi connectivity index (χ2n) is 3.91. The number of rotatable bonds is 1. The Morgan fingerprint density at radius 3 is 2.53 bits per heavy atom. The Morgan fingerprint density at radius 1 is 1.00 bits per heavy atom. The van der Waals surface area contributed by atoms with E-state index in [0.717, 1.165) is 5.56 Å². The van der Waals surface area contributed by atoms with Crippen molar-refractivity contribution in [2.24, 2.45) is 0 Å². The standard InChI is InChI=1S/C13H5Cl3NO2/c14-8-3-1-6(5-9(8)15)12-7-2-4-10(18)11(16)13(7)19-17-12/h1-5H. The Morgan fingerprint density at radius 2 is 1.79 bits per heavy atom. The molecule has 1 heterocycles. The van der Waals surface area contributed by atoms with Crippen LogP contribution in [0.15, 0.2) is 34.9 Å². The van der Waals surface area contributed by atoms with Gasteiger partial charge in [0.25, 0.3) is 0 Å². The Hall–Kier alpha value is -1.42. The number of hydrogen-bond donors (Lipinski definition) is 0. The van der Waals surface area contributed by atoms with Crippen molar-refractivity contribution in [1.29, 1.82) is 0 Å². The summed E-state index contributed by atoms with van der Waals surface area (Å²) < 4.78 is 5.13. The summed E-state index contributed by atoms with van der Waals surface area (Å²) in [4.78, 5) is 0. The molecule has 1 radical (unpaired) electrons. The molecular formula is C13H5Cl3NO2. The van der Waals surface area contributed by atoms with Crippen LogP contribution in [0.4, 0.5) is 0 Å². The molecule has 0 fully saturated rings. The van der Waals surface area contributed by atoms with Crippen molar-refractivity contribution in [3.8, 4) is 17.0 Å². The van der Waals surface area contributed by atoms with Crippen LogP contribution in [-0.4, -0.2) is 5.16 Å².